The van der Waals surface area contributed by atoms with Gasteiger partial charge in [-0.2, -0.15) is 0 Å². The third-order valence-electron chi connectivity index (χ3n) is 7.15. The maximum Gasteiger partial charge on any atom is 0.0974 e. The van der Waals surface area contributed by atoms with E-state index in [1.807, 2.05) is 12.3 Å². The van der Waals surface area contributed by atoms with Gasteiger partial charge in [-0.25, -0.2) is 0 Å². The molecule has 1 aliphatic heterocycles. The van der Waals surface area contributed by atoms with E-state index in [-0.39, 0.29) is 0 Å². The Hall–Kier alpha value is -1.06. The second-order valence-electron chi connectivity index (χ2n) is 8.87. The van der Waals surface area contributed by atoms with Crippen LogP contribution in [0.5, 0.6) is 0 Å². The van der Waals surface area contributed by atoms with Gasteiger partial charge >= 0.3 is 0 Å². The second kappa shape index (κ2) is 8.75. The fraction of sp³-hybridized carbons (Fsp3) is 0.739. The number of likely N-dealkylation sites (tertiary alicyclic amines) is 1. The number of hydrogen-bond donors (Lipinski definition) is 0. The summed E-state index contributed by atoms with van der Waals surface area (Å²) in [6.07, 6.45) is 22.4. The van der Waals surface area contributed by atoms with Crippen LogP contribution in [0.1, 0.15) is 69.8 Å². The summed E-state index contributed by atoms with van der Waals surface area (Å²) in [5.74, 6) is 0.755. The van der Waals surface area contributed by atoms with Gasteiger partial charge in [-0.1, -0.05) is 12.2 Å². The van der Waals surface area contributed by atoms with Crippen molar-refractivity contribution in [1.82, 2.24) is 4.90 Å². The van der Waals surface area contributed by atoms with Gasteiger partial charge in [-0.15, -0.1) is 0 Å². The van der Waals surface area contributed by atoms with Gasteiger partial charge in [0.25, 0.3) is 0 Å². The van der Waals surface area contributed by atoms with Crippen LogP contribution in [-0.4, -0.2) is 37.2 Å². The van der Waals surface area contributed by atoms with E-state index >= 15 is 0 Å². The molecule has 2 aliphatic carbocycles. The van der Waals surface area contributed by atoms with E-state index in [2.05, 4.69) is 17.1 Å². The maximum atomic E-state index is 6.22. The molecule has 2 saturated carbocycles. The highest BCUT2D eigenvalue weighted by Crippen LogP contribution is 2.49. The fourth-order valence-corrected chi connectivity index (χ4v) is 5.29. The first-order valence-electron chi connectivity index (χ1n) is 10.9. The Morgan fingerprint density at radius 3 is 2.50 bits per heavy atom. The second-order valence-corrected chi connectivity index (χ2v) is 8.87. The van der Waals surface area contributed by atoms with E-state index in [4.69, 9.17) is 9.15 Å². The molecule has 1 aromatic rings. The monoisotopic (exact) mass is 357 g/mol. The van der Waals surface area contributed by atoms with Crippen molar-refractivity contribution < 1.29 is 9.15 Å². The van der Waals surface area contributed by atoms with Crippen LogP contribution in [0.2, 0.25) is 0 Å². The molecule has 0 amide bonds. The van der Waals surface area contributed by atoms with Crippen molar-refractivity contribution in [1.29, 1.82) is 0 Å². The molecular formula is C23H35NO2. The number of allylic oxidation sites excluding steroid dienone is 1. The highest BCUT2D eigenvalue weighted by atomic mass is 16.5. The molecule has 3 aliphatic rings. The summed E-state index contributed by atoms with van der Waals surface area (Å²) in [4.78, 5) is 2.56. The van der Waals surface area contributed by atoms with Gasteiger partial charge in [0.1, 0.15) is 0 Å². The van der Waals surface area contributed by atoms with Gasteiger partial charge in [0, 0.05) is 12.1 Å². The molecule has 3 nitrogen and oxygen atoms in total. The van der Waals surface area contributed by atoms with Gasteiger partial charge in [0.15, 0.2) is 0 Å². The number of rotatable bonds is 6. The Balaban J connectivity index is 1.15. The molecule has 4 rings (SSSR count). The highest BCUT2D eigenvalue weighted by molar-refractivity contribution is 5.47. The zero-order chi connectivity index (χ0) is 17.7. The van der Waals surface area contributed by atoms with Gasteiger partial charge in [0.05, 0.1) is 25.2 Å². The Bertz CT molecular complexity index is 541. The van der Waals surface area contributed by atoms with Crippen LogP contribution in [0.25, 0.3) is 6.08 Å². The Morgan fingerprint density at radius 1 is 1.08 bits per heavy atom. The van der Waals surface area contributed by atoms with Crippen molar-refractivity contribution in [3.05, 3.63) is 30.2 Å². The first-order valence-corrected chi connectivity index (χ1v) is 10.9. The third-order valence-corrected chi connectivity index (χ3v) is 7.15. The predicted molar refractivity (Wildman–Crippen MR) is 106 cm³/mol. The van der Waals surface area contributed by atoms with Crippen molar-refractivity contribution in [3.63, 3.8) is 0 Å². The van der Waals surface area contributed by atoms with Gasteiger partial charge in [-0.05, 0) is 94.7 Å². The zero-order valence-electron chi connectivity index (χ0n) is 16.2. The minimum absolute atomic E-state index is 0.530. The average molecular weight is 358 g/mol. The predicted octanol–water partition coefficient (Wildman–Crippen LogP) is 5.52. The topological polar surface area (TPSA) is 25.6 Å². The molecule has 26 heavy (non-hydrogen) atoms. The Labute approximate surface area is 158 Å². The highest BCUT2D eigenvalue weighted by Gasteiger charge is 2.38. The molecule has 0 radical (unpaired) electrons. The molecule has 0 atom stereocenters. The van der Waals surface area contributed by atoms with Crippen molar-refractivity contribution in [2.75, 3.05) is 26.2 Å². The number of ether oxygens (including phenoxy) is 1. The largest absolute Gasteiger partial charge is 0.472 e. The first-order chi connectivity index (χ1) is 12.8. The van der Waals surface area contributed by atoms with Gasteiger partial charge < -0.3 is 14.1 Å². The average Bonchev–Trinajstić information content (AvgIpc) is 3.37. The van der Waals surface area contributed by atoms with Gasteiger partial charge in [-0.3, -0.25) is 0 Å². The lowest BCUT2D eigenvalue weighted by Gasteiger charge is -2.44. The summed E-state index contributed by atoms with van der Waals surface area (Å²) >= 11 is 0. The lowest BCUT2D eigenvalue weighted by molar-refractivity contribution is -0.0216. The molecule has 3 heteroatoms. The standard InChI is InChI=1S/C23H35NO2/c1-2-15-24(14-1)16-18-26-22-7-12-23(13-8-22)10-5-20(6-11-23)3-4-21-9-17-25-19-21/h3-4,9,17,19-20,22H,1-2,5-8,10-16,18H2/b4-3-. The SMILES string of the molecule is C(=C/C1CCC2(CC1)CCC(OCCN1CCCC1)CC2)/c1ccoc1. The minimum Gasteiger partial charge on any atom is -0.472 e. The lowest BCUT2D eigenvalue weighted by Crippen LogP contribution is -2.35. The Morgan fingerprint density at radius 2 is 1.81 bits per heavy atom. The molecule has 0 N–H and O–H groups in total. The molecule has 1 spiro atoms. The lowest BCUT2D eigenvalue weighted by atomic mass is 9.63. The molecule has 1 saturated heterocycles. The smallest absolute Gasteiger partial charge is 0.0974 e. The minimum atomic E-state index is 0.530. The number of hydrogen-bond acceptors (Lipinski definition) is 3. The van der Waals surface area contributed by atoms with Crippen LogP contribution in [0, 0.1) is 11.3 Å². The van der Waals surface area contributed by atoms with Crippen LogP contribution < -0.4 is 0 Å². The summed E-state index contributed by atoms with van der Waals surface area (Å²) in [5.41, 5.74) is 1.83. The van der Waals surface area contributed by atoms with Crippen molar-refractivity contribution in [2.24, 2.45) is 11.3 Å². The molecule has 144 valence electrons. The molecule has 0 unspecified atom stereocenters. The van der Waals surface area contributed by atoms with E-state index in [0.717, 1.165) is 19.1 Å². The number of furan rings is 1. The van der Waals surface area contributed by atoms with Crippen LogP contribution in [-0.2, 0) is 4.74 Å². The molecule has 0 bridgehead atoms. The molecule has 2 heterocycles. The first kappa shape index (κ1) is 18.3. The Kier molecular flexibility index (Phi) is 6.16. The van der Waals surface area contributed by atoms with Gasteiger partial charge in [0.2, 0.25) is 0 Å². The summed E-state index contributed by atoms with van der Waals surface area (Å²) in [6.45, 7) is 4.66. The van der Waals surface area contributed by atoms with Crippen molar-refractivity contribution >= 4 is 6.08 Å². The van der Waals surface area contributed by atoms with E-state index < -0.39 is 0 Å². The quantitative estimate of drug-likeness (QED) is 0.670. The van der Waals surface area contributed by atoms with Crippen LogP contribution in [0.15, 0.2) is 29.1 Å². The van der Waals surface area contributed by atoms with E-state index in [1.165, 1.54) is 82.9 Å². The summed E-state index contributed by atoms with van der Waals surface area (Å²) in [7, 11) is 0. The summed E-state index contributed by atoms with van der Waals surface area (Å²) < 4.78 is 11.4. The van der Waals surface area contributed by atoms with E-state index in [1.54, 1.807) is 6.26 Å². The summed E-state index contributed by atoms with van der Waals surface area (Å²) in [6, 6.07) is 2.03. The van der Waals surface area contributed by atoms with Crippen LogP contribution in [0.3, 0.4) is 0 Å². The summed E-state index contributed by atoms with van der Waals surface area (Å²) in [5, 5.41) is 0. The number of nitrogens with zero attached hydrogens (tertiary/aromatic N) is 1. The molecule has 1 aromatic heterocycles. The van der Waals surface area contributed by atoms with E-state index in [0.29, 0.717) is 11.5 Å². The molecular weight excluding hydrogens is 322 g/mol. The molecule has 3 fully saturated rings. The van der Waals surface area contributed by atoms with Crippen LogP contribution >= 0.6 is 0 Å². The fourth-order valence-electron chi connectivity index (χ4n) is 5.29. The van der Waals surface area contributed by atoms with Crippen molar-refractivity contribution in [3.8, 4) is 0 Å². The normalized spacial score (nSPS) is 33.4. The zero-order valence-corrected chi connectivity index (χ0v) is 16.2. The third kappa shape index (κ3) is 4.80. The molecule has 0 aromatic carbocycles. The van der Waals surface area contributed by atoms with Crippen molar-refractivity contribution in [2.45, 2.75) is 70.3 Å². The van der Waals surface area contributed by atoms with Crippen LogP contribution in [0.4, 0.5) is 0 Å². The van der Waals surface area contributed by atoms with E-state index in [9.17, 15) is 0 Å². The maximum absolute atomic E-state index is 6.22.